The number of allylic oxidation sites excluding steroid dienone is 1. The largest absolute Gasteiger partial charge is 0.349 e. The predicted octanol–water partition coefficient (Wildman–Crippen LogP) is 3.91. The fraction of sp³-hybridized carbons (Fsp3) is 0.667. The topological polar surface area (TPSA) is 111 Å². The van der Waals surface area contributed by atoms with E-state index in [1.807, 2.05) is 0 Å². The van der Waals surface area contributed by atoms with Crippen LogP contribution in [0.2, 0.25) is 0 Å². The molecule has 2 aliphatic heterocycles. The first kappa shape index (κ1) is 27.1. The third-order valence-corrected chi connectivity index (χ3v) is 13.1. The first-order valence-corrected chi connectivity index (χ1v) is 15.3. The fourth-order valence-electron chi connectivity index (χ4n) is 5.01. The minimum atomic E-state index is -2.62. The van der Waals surface area contributed by atoms with E-state index in [4.69, 9.17) is 25.6 Å². The molecule has 0 aromatic carbocycles. The lowest BCUT2D eigenvalue weighted by Crippen LogP contribution is -2.39. The second kappa shape index (κ2) is 9.74. The van der Waals surface area contributed by atoms with Crippen LogP contribution in [0.25, 0.3) is 11.2 Å². The molecule has 4 heterocycles. The number of rotatable bonds is 5. The van der Waals surface area contributed by atoms with Gasteiger partial charge in [0, 0.05) is 10.7 Å². The van der Waals surface area contributed by atoms with E-state index in [0.29, 0.717) is 5.92 Å². The number of halogens is 1. The van der Waals surface area contributed by atoms with Crippen LogP contribution in [0, 0.1) is 11.8 Å². The van der Waals surface area contributed by atoms with Crippen molar-refractivity contribution in [3.05, 3.63) is 39.3 Å². The summed E-state index contributed by atoms with van der Waals surface area (Å²) < 4.78 is 35.0. The maximum absolute atomic E-state index is 15.3. The van der Waals surface area contributed by atoms with Crippen LogP contribution in [-0.2, 0) is 25.6 Å². The van der Waals surface area contributed by atoms with Gasteiger partial charge in [0.1, 0.15) is 5.65 Å². The molecule has 9 nitrogen and oxygen atoms in total. The number of ether oxygens (including phenoxy) is 1. The molecule has 2 N–H and O–H groups in total. The SMILES string of the molecule is C=C(C)[C@@H]1CC[C@]2(C)S[P@@](=S)(OC[C@H]3O[C@@H](n4cnc5c(=O)[nH]c(=O)[nH]c54)[C@H](F)[C@@H]3C)O[C@H]2C1.S. The molecule has 8 atom stereocenters. The van der Waals surface area contributed by atoms with Crippen LogP contribution in [0.15, 0.2) is 28.1 Å². The van der Waals surface area contributed by atoms with E-state index in [9.17, 15) is 9.59 Å². The van der Waals surface area contributed by atoms with Crippen molar-refractivity contribution in [3.63, 3.8) is 0 Å². The molecule has 0 radical (unpaired) electrons. The highest BCUT2D eigenvalue weighted by atomic mass is 32.9. The zero-order chi connectivity index (χ0) is 24.4. The molecule has 0 unspecified atom stereocenters. The van der Waals surface area contributed by atoms with Gasteiger partial charge in [-0.3, -0.25) is 19.3 Å². The minimum absolute atomic E-state index is 0. The predicted molar refractivity (Wildman–Crippen MR) is 143 cm³/mol. The molecule has 2 aromatic heterocycles. The van der Waals surface area contributed by atoms with Crippen LogP contribution in [0.3, 0.4) is 0 Å². The van der Waals surface area contributed by atoms with Gasteiger partial charge in [0.25, 0.3) is 5.56 Å². The number of nitrogens with one attached hydrogen (secondary N) is 2. The van der Waals surface area contributed by atoms with Crippen LogP contribution >= 0.6 is 30.6 Å². The average molecular weight is 565 g/mol. The molecule has 35 heavy (non-hydrogen) atoms. The van der Waals surface area contributed by atoms with Gasteiger partial charge in [-0.15, -0.1) is 0 Å². The molecule has 1 saturated carbocycles. The van der Waals surface area contributed by atoms with Crippen molar-refractivity contribution in [1.82, 2.24) is 19.5 Å². The van der Waals surface area contributed by atoms with Gasteiger partial charge < -0.3 is 13.8 Å². The van der Waals surface area contributed by atoms with Crippen molar-refractivity contribution in [2.75, 3.05) is 6.61 Å². The summed E-state index contributed by atoms with van der Waals surface area (Å²) in [6, 6.07) is 0. The Balaban J connectivity index is 0.00000289. The van der Waals surface area contributed by atoms with E-state index >= 15 is 4.39 Å². The van der Waals surface area contributed by atoms with Crippen molar-refractivity contribution in [2.24, 2.45) is 11.8 Å². The molecule has 0 spiro atoms. The van der Waals surface area contributed by atoms with E-state index in [2.05, 4.69) is 35.4 Å². The van der Waals surface area contributed by atoms with Crippen LogP contribution in [0.5, 0.6) is 0 Å². The monoisotopic (exact) mass is 564 g/mol. The van der Waals surface area contributed by atoms with E-state index in [0.717, 1.165) is 19.3 Å². The van der Waals surface area contributed by atoms with Gasteiger partial charge in [-0.2, -0.15) is 13.5 Å². The van der Waals surface area contributed by atoms with Crippen LogP contribution in [0.4, 0.5) is 4.39 Å². The fourth-order valence-corrected chi connectivity index (χ4v) is 12.1. The summed E-state index contributed by atoms with van der Waals surface area (Å²) in [7, 11) is 0. The van der Waals surface area contributed by atoms with Crippen LogP contribution in [0.1, 0.15) is 46.3 Å². The second-order valence-electron chi connectivity index (χ2n) is 9.68. The van der Waals surface area contributed by atoms with E-state index < -0.39 is 41.4 Å². The summed E-state index contributed by atoms with van der Waals surface area (Å²) >= 11 is 7.44. The average Bonchev–Trinajstić information content (AvgIpc) is 3.38. The Bertz CT molecular complexity index is 1300. The highest BCUT2D eigenvalue weighted by Crippen LogP contribution is 2.75. The third kappa shape index (κ3) is 4.85. The molecule has 3 aliphatic rings. The molecule has 2 saturated heterocycles. The Morgan fingerprint density at radius 2 is 2.23 bits per heavy atom. The number of hydrogen-bond acceptors (Lipinski definition) is 8. The first-order chi connectivity index (χ1) is 16.0. The number of hydrogen-bond donors (Lipinski definition) is 2. The first-order valence-electron chi connectivity index (χ1n) is 11.3. The third-order valence-electron chi connectivity index (χ3n) is 7.26. The Morgan fingerprint density at radius 1 is 1.49 bits per heavy atom. The lowest BCUT2D eigenvalue weighted by molar-refractivity contribution is -0.0343. The van der Waals surface area contributed by atoms with Gasteiger partial charge >= 0.3 is 5.69 Å². The summed E-state index contributed by atoms with van der Waals surface area (Å²) in [6.45, 7) is 10.2. The number of aromatic amines is 2. The zero-order valence-corrected chi connectivity index (χ0v) is 23.2. The van der Waals surface area contributed by atoms with Crippen LogP contribution in [-0.4, -0.2) is 49.3 Å². The maximum Gasteiger partial charge on any atom is 0.327 e. The van der Waals surface area contributed by atoms with Gasteiger partial charge in [0.15, 0.2) is 17.9 Å². The van der Waals surface area contributed by atoms with Gasteiger partial charge in [-0.25, -0.2) is 14.2 Å². The molecule has 1 aliphatic carbocycles. The number of nitrogens with zero attached hydrogens (tertiary/aromatic N) is 2. The summed E-state index contributed by atoms with van der Waals surface area (Å²) in [5.74, 6) is -0.0776. The number of H-pyrrole nitrogens is 2. The lowest BCUT2D eigenvalue weighted by atomic mass is 9.77. The molecular formula is C21H30FN4O5PS3. The van der Waals surface area contributed by atoms with Crippen molar-refractivity contribution < 1.29 is 18.2 Å². The summed E-state index contributed by atoms with van der Waals surface area (Å²) in [5.41, 5.74) is -2.67. The minimum Gasteiger partial charge on any atom is -0.349 e. The van der Waals surface area contributed by atoms with Gasteiger partial charge in [0.05, 0.1) is 25.1 Å². The number of alkyl halides is 1. The molecule has 194 valence electrons. The van der Waals surface area contributed by atoms with Gasteiger partial charge in [-0.05, 0) is 50.8 Å². The molecule has 14 heteroatoms. The van der Waals surface area contributed by atoms with Crippen LogP contribution < -0.4 is 11.2 Å². The molecule has 3 fully saturated rings. The Labute approximate surface area is 218 Å². The second-order valence-corrected chi connectivity index (χ2v) is 16.3. The van der Waals surface area contributed by atoms with Crippen molar-refractivity contribution in [2.45, 2.75) is 69.4 Å². The molecule has 2 aromatic rings. The molecule has 0 amide bonds. The summed E-state index contributed by atoms with van der Waals surface area (Å²) in [4.78, 5) is 32.3. The molecule has 5 rings (SSSR count). The summed E-state index contributed by atoms with van der Waals surface area (Å²) in [5, 5.41) is 0. The Morgan fingerprint density at radius 3 is 2.94 bits per heavy atom. The van der Waals surface area contributed by atoms with E-state index in [1.54, 1.807) is 18.3 Å². The van der Waals surface area contributed by atoms with Crippen molar-refractivity contribution >= 4 is 53.5 Å². The standard InChI is InChI=1S/C21H28FN4O5PS2.H2S/c1-10(2)12-5-6-21(4)14(7-12)31-32(33,34-21)29-8-13-11(3)15(22)19(30-13)26-9-23-16-17(26)24-20(28)25-18(16)27;/h9,11-15,19H,1,5-8H2,2-4H3,(H2,24,25,27,28);1H2/t11-,12-,13-,14+,15-,19-,21+,32+;/m1./s1. The normalized spacial score (nSPS) is 38.9. The number of fused-ring (bicyclic) bond motifs is 2. The Kier molecular flexibility index (Phi) is 7.54. The highest BCUT2D eigenvalue weighted by molar-refractivity contribution is 8.68. The van der Waals surface area contributed by atoms with Gasteiger partial charge in [-0.1, -0.05) is 30.5 Å². The van der Waals surface area contributed by atoms with Gasteiger partial charge in [0.2, 0.25) is 5.69 Å². The lowest BCUT2D eigenvalue weighted by Gasteiger charge is -2.37. The number of aromatic nitrogens is 4. The highest BCUT2D eigenvalue weighted by Gasteiger charge is 2.54. The maximum atomic E-state index is 15.3. The van der Waals surface area contributed by atoms with Crippen molar-refractivity contribution in [1.29, 1.82) is 0 Å². The van der Waals surface area contributed by atoms with E-state index in [-0.39, 0.29) is 42.1 Å². The summed E-state index contributed by atoms with van der Waals surface area (Å²) in [6.07, 6.45) is 1.20. The smallest absolute Gasteiger partial charge is 0.327 e. The zero-order valence-electron chi connectivity index (χ0n) is 19.7. The Hall–Kier alpha value is -0.950. The molecular weight excluding hydrogens is 534 g/mol. The quantitative estimate of drug-likeness (QED) is 0.416. The van der Waals surface area contributed by atoms with E-state index in [1.165, 1.54) is 16.5 Å². The number of imidazole rings is 1. The van der Waals surface area contributed by atoms with Crippen molar-refractivity contribution in [3.8, 4) is 0 Å². The molecule has 0 bridgehead atoms.